The van der Waals surface area contributed by atoms with Crippen LogP contribution in [0.2, 0.25) is 0 Å². The largest absolute Gasteiger partial charge is 0.436 e. The molecule has 0 atom stereocenters. The Kier molecular flexibility index (Phi) is 7.97. The zero-order chi connectivity index (χ0) is 32.3. The molecule has 0 bridgehead atoms. The van der Waals surface area contributed by atoms with Crippen LogP contribution in [0.4, 0.5) is 10.1 Å². The van der Waals surface area contributed by atoms with E-state index in [-0.39, 0.29) is 5.89 Å². The van der Waals surface area contributed by atoms with Crippen molar-refractivity contribution in [3.8, 4) is 22.9 Å². The van der Waals surface area contributed by atoms with Gasteiger partial charge in [0, 0.05) is 23.7 Å². The summed E-state index contributed by atoms with van der Waals surface area (Å²) in [4.78, 5) is 23.5. The van der Waals surface area contributed by atoms with Crippen molar-refractivity contribution < 1.29 is 18.1 Å². The van der Waals surface area contributed by atoms with Crippen LogP contribution in [0.1, 0.15) is 17.8 Å². The summed E-state index contributed by atoms with van der Waals surface area (Å²) in [6, 6.07) is 35.4. The summed E-state index contributed by atoms with van der Waals surface area (Å²) in [6.07, 6.45) is 2.16. The highest BCUT2D eigenvalue weighted by molar-refractivity contribution is 5.83. The number of halogens is 1. The number of benzene rings is 5. The predicted molar refractivity (Wildman–Crippen MR) is 178 cm³/mol. The van der Waals surface area contributed by atoms with Crippen LogP contribution < -0.4 is 0 Å². The Bertz CT molecular complexity index is 2290. The number of aromatic nitrogens is 4. The van der Waals surface area contributed by atoms with E-state index in [1.165, 1.54) is 11.6 Å². The fourth-order valence-electron chi connectivity index (χ4n) is 5.53. The first kappa shape index (κ1) is 29.5. The second-order valence-corrected chi connectivity index (χ2v) is 11.0. The van der Waals surface area contributed by atoms with Crippen molar-refractivity contribution in [3.63, 3.8) is 0 Å². The number of imidazole rings is 1. The molecule has 0 spiro atoms. The fraction of sp³-hybridized carbons (Fsp3) is 0.108. The molecule has 0 saturated heterocycles. The Labute approximate surface area is 268 Å². The van der Waals surface area contributed by atoms with E-state index in [1.807, 2.05) is 30.3 Å². The third-order valence-electron chi connectivity index (χ3n) is 7.85. The molecule has 0 amide bonds. The molecular weight excluding hydrogens is 597 g/mol. The minimum absolute atomic E-state index is 0.226. The van der Waals surface area contributed by atoms with Crippen molar-refractivity contribution in [2.75, 3.05) is 0 Å². The fourth-order valence-corrected chi connectivity index (χ4v) is 5.53. The molecule has 232 valence electrons. The molecule has 5 aromatic carbocycles. The Morgan fingerprint density at radius 2 is 1.32 bits per heavy atom. The highest BCUT2D eigenvalue weighted by Crippen LogP contribution is 2.29. The molecule has 0 aliphatic rings. The van der Waals surface area contributed by atoms with Gasteiger partial charge in [-0.25, -0.2) is 15.0 Å². The Morgan fingerprint density at radius 1 is 0.723 bits per heavy atom. The minimum Gasteiger partial charge on any atom is -0.436 e. The van der Waals surface area contributed by atoms with Crippen LogP contribution in [0.25, 0.3) is 56.1 Å². The zero-order valence-corrected chi connectivity index (χ0v) is 25.3. The summed E-state index contributed by atoms with van der Waals surface area (Å²) in [5.74, 6) is 1.02. The van der Waals surface area contributed by atoms with E-state index in [0.717, 1.165) is 65.0 Å². The first-order chi connectivity index (χ1) is 22.9. The topological polar surface area (TPSA) is 113 Å². The van der Waals surface area contributed by atoms with E-state index in [4.69, 9.17) is 13.8 Å². The summed E-state index contributed by atoms with van der Waals surface area (Å²) < 4.78 is 26.9. The molecule has 47 heavy (non-hydrogen) atoms. The summed E-state index contributed by atoms with van der Waals surface area (Å²) >= 11 is 0. The number of hydrogen-bond donors (Lipinski definition) is 0. The molecule has 3 heterocycles. The minimum atomic E-state index is -0.884. The van der Waals surface area contributed by atoms with Gasteiger partial charge in [0.05, 0.1) is 16.0 Å². The molecule has 0 radical (unpaired) electrons. The lowest BCUT2D eigenvalue weighted by molar-refractivity contribution is -0.387. The smallest absolute Gasteiger partial charge is 0.305 e. The van der Waals surface area contributed by atoms with Crippen LogP contribution in [0, 0.1) is 22.9 Å². The number of para-hydroxylation sites is 4. The van der Waals surface area contributed by atoms with E-state index in [1.54, 1.807) is 18.2 Å². The van der Waals surface area contributed by atoms with Crippen LogP contribution in [0.15, 0.2) is 124 Å². The monoisotopic (exact) mass is 625 g/mol. The van der Waals surface area contributed by atoms with E-state index >= 15 is 0 Å². The van der Waals surface area contributed by atoms with Gasteiger partial charge in [0.25, 0.3) is 0 Å². The van der Waals surface area contributed by atoms with E-state index < -0.39 is 16.4 Å². The van der Waals surface area contributed by atoms with Gasteiger partial charge in [-0.2, -0.15) is 4.39 Å². The van der Waals surface area contributed by atoms with Crippen molar-refractivity contribution in [2.45, 2.75) is 26.3 Å². The van der Waals surface area contributed by atoms with E-state index in [0.29, 0.717) is 22.6 Å². The van der Waals surface area contributed by atoms with Crippen molar-refractivity contribution in [1.29, 1.82) is 0 Å². The molecule has 9 nitrogen and oxygen atoms in total. The molecule has 8 rings (SSSR count). The number of nitro benzene ring substituents is 1. The number of rotatable bonds is 7. The van der Waals surface area contributed by atoms with Crippen molar-refractivity contribution in [2.24, 2.45) is 0 Å². The van der Waals surface area contributed by atoms with Gasteiger partial charge in [-0.05, 0) is 79.9 Å². The first-order valence-corrected chi connectivity index (χ1v) is 15.1. The van der Waals surface area contributed by atoms with E-state index in [9.17, 15) is 14.5 Å². The molecule has 0 aliphatic carbocycles. The quantitative estimate of drug-likeness (QED) is 0.128. The molecule has 0 unspecified atom stereocenters. The lowest BCUT2D eigenvalue weighted by Crippen LogP contribution is -2.01. The van der Waals surface area contributed by atoms with Gasteiger partial charge in [0.1, 0.15) is 16.9 Å². The number of oxazole rings is 2. The Morgan fingerprint density at radius 3 is 1.96 bits per heavy atom. The van der Waals surface area contributed by atoms with Gasteiger partial charge in [-0.1, -0.05) is 54.6 Å². The van der Waals surface area contributed by atoms with Gasteiger partial charge in [-0.3, -0.25) is 10.1 Å². The van der Waals surface area contributed by atoms with Gasteiger partial charge in [-0.15, -0.1) is 0 Å². The van der Waals surface area contributed by atoms with Crippen molar-refractivity contribution in [3.05, 3.63) is 143 Å². The third kappa shape index (κ3) is 6.21. The molecule has 8 aromatic rings. The number of aryl methyl sites for hydroxylation is 3. The summed E-state index contributed by atoms with van der Waals surface area (Å²) in [5, 5.41) is 10.7. The SMILES string of the molecule is Cc1nc2cc(-c3nc4ccccc4o3)ccc2n1CCCc1ccccc1.O=[N+]([O-])c1cc(-c2nc3ccccc3o2)ccc1F. The van der Waals surface area contributed by atoms with Crippen LogP contribution in [0.5, 0.6) is 0 Å². The highest BCUT2D eigenvalue weighted by atomic mass is 19.1. The van der Waals surface area contributed by atoms with Gasteiger partial charge >= 0.3 is 5.69 Å². The average molecular weight is 626 g/mol. The Hall–Kier alpha value is -6.16. The van der Waals surface area contributed by atoms with Crippen LogP contribution in [-0.4, -0.2) is 24.4 Å². The van der Waals surface area contributed by atoms with Crippen molar-refractivity contribution >= 4 is 38.9 Å². The third-order valence-corrected chi connectivity index (χ3v) is 7.85. The number of nitro groups is 1. The average Bonchev–Trinajstić information content (AvgIpc) is 3.80. The highest BCUT2D eigenvalue weighted by Gasteiger charge is 2.18. The molecule has 0 fully saturated rings. The molecule has 0 N–H and O–H groups in total. The second kappa shape index (κ2) is 12.7. The van der Waals surface area contributed by atoms with Crippen LogP contribution >= 0.6 is 0 Å². The maximum Gasteiger partial charge on any atom is 0.305 e. The maximum atomic E-state index is 13.2. The van der Waals surface area contributed by atoms with Gasteiger partial charge in [0.15, 0.2) is 11.2 Å². The number of hydrogen-bond acceptors (Lipinski definition) is 7. The van der Waals surface area contributed by atoms with Gasteiger partial charge in [0.2, 0.25) is 17.6 Å². The predicted octanol–water partition coefficient (Wildman–Crippen LogP) is 9.33. The van der Waals surface area contributed by atoms with Crippen molar-refractivity contribution in [1.82, 2.24) is 19.5 Å². The number of nitrogens with zero attached hydrogens (tertiary/aromatic N) is 5. The van der Waals surface area contributed by atoms with Gasteiger partial charge < -0.3 is 13.4 Å². The normalized spacial score (nSPS) is 11.2. The lowest BCUT2D eigenvalue weighted by atomic mass is 10.1. The molecule has 3 aromatic heterocycles. The summed E-state index contributed by atoms with van der Waals surface area (Å²) in [5.41, 5.74) is 7.14. The summed E-state index contributed by atoms with van der Waals surface area (Å²) in [6.45, 7) is 3.03. The maximum absolute atomic E-state index is 13.2. The molecule has 0 saturated carbocycles. The number of fused-ring (bicyclic) bond motifs is 3. The zero-order valence-electron chi connectivity index (χ0n) is 25.3. The standard InChI is InChI=1S/C24H21N3O.C13H7FN2O3/c1-17-25-21-16-19(24-26-20-11-5-6-12-23(20)28-24)13-14-22(21)27(17)15-7-10-18-8-3-2-4-9-18;14-9-6-5-8(7-11(9)16(17)18)13-15-10-3-1-2-4-12(10)19-13/h2-6,8-9,11-14,16H,7,10,15H2,1H3;1-7H. The van der Waals surface area contributed by atoms with Crippen LogP contribution in [0.3, 0.4) is 0 Å². The molecule has 10 heteroatoms. The Balaban J connectivity index is 0.000000161. The second-order valence-electron chi connectivity index (χ2n) is 11.0. The van der Waals surface area contributed by atoms with E-state index in [2.05, 4.69) is 70.0 Å². The summed E-state index contributed by atoms with van der Waals surface area (Å²) in [7, 11) is 0. The first-order valence-electron chi connectivity index (χ1n) is 15.1. The van der Waals surface area contributed by atoms with Crippen LogP contribution in [-0.2, 0) is 13.0 Å². The molecular formula is C37H28FN5O4. The lowest BCUT2D eigenvalue weighted by Gasteiger charge is -2.07. The molecule has 0 aliphatic heterocycles.